The summed E-state index contributed by atoms with van der Waals surface area (Å²) in [5, 5.41) is 0.838. The first-order chi connectivity index (χ1) is 7.11. The quantitative estimate of drug-likeness (QED) is 0.568. The number of halogens is 1. The molecule has 15 heavy (non-hydrogen) atoms. The van der Waals surface area contributed by atoms with Crippen LogP contribution in [0.4, 0.5) is 0 Å². The minimum absolute atomic E-state index is 0.304. The molecule has 0 aliphatic heterocycles. The molecule has 0 aliphatic carbocycles. The van der Waals surface area contributed by atoms with Crippen molar-refractivity contribution in [1.29, 1.82) is 0 Å². The van der Waals surface area contributed by atoms with E-state index in [-0.39, 0.29) is 0 Å². The largest absolute Gasteiger partial charge is 0.378 e. The van der Waals surface area contributed by atoms with E-state index in [0.717, 1.165) is 17.4 Å². The molecule has 0 fully saturated rings. The van der Waals surface area contributed by atoms with Gasteiger partial charge in [0, 0.05) is 10.6 Å². The van der Waals surface area contributed by atoms with Crippen molar-refractivity contribution < 1.29 is 4.74 Å². The van der Waals surface area contributed by atoms with Gasteiger partial charge in [0.25, 0.3) is 0 Å². The van der Waals surface area contributed by atoms with Crippen LogP contribution in [-0.4, -0.2) is 18.5 Å². The maximum absolute atomic E-state index is 6.11. The van der Waals surface area contributed by atoms with E-state index in [0.29, 0.717) is 6.10 Å². The Kier molecular flexibility index (Phi) is 5.51. The monoisotopic (exact) mass is 244 g/mol. The fourth-order valence-corrected chi connectivity index (χ4v) is 2.50. The van der Waals surface area contributed by atoms with Crippen molar-refractivity contribution in [3.8, 4) is 0 Å². The summed E-state index contributed by atoms with van der Waals surface area (Å²) in [7, 11) is 0. The van der Waals surface area contributed by atoms with Crippen LogP contribution in [0, 0.1) is 6.92 Å². The summed E-state index contributed by atoms with van der Waals surface area (Å²) < 4.78 is 5.48. The van der Waals surface area contributed by atoms with Gasteiger partial charge in [0.05, 0.1) is 17.7 Å². The van der Waals surface area contributed by atoms with Gasteiger partial charge in [-0.15, -0.1) is 11.8 Å². The highest BCUT2D eigenvalue weighted by Crippen LogP contribution is 2.29. The van der Waals surface area contributed by atoms with E-state index >= 15 is 0 Å². The second kappa shape index (κ2) is 6.41. The Morgan fingerprint density at radius 1 is 1.40 bits per heavy atom. The lowest BCUT2D eigenvalue weighted by Gasteiger charge is -2.09. The SMILES string of the molecule is Cc1cccc(Cl)c1SCCOC(C)C. The number of hydrogen-bond acceptors (Lipinski definition) is 2. The summed E-state index contributed by atoms with van der Waals surface area (Å²) in [6, 6.07) is 5.99. The van der Waals surface area contributed by atoms with Gasteiger partial charge >= 0.3 is 0 Å². The van der Waals surface area contributed by atoms with Gasteiger partial charge in [0.15, 0.2) is 0 Å². The molecule has 0 aromatic heterocycles. The number of rotatable bonds is 5. The average molecular weight is 245 g/mol. The Hall–Kier alpha value is -0.180. The van der Waals surface area contributed by atoms with E-state index in [1.165, 1.54) is 10.5 Å². The number of aryl methyl sites for hydroxylation is 1. The maximum Gasteiger partial charge on any atom is 0.0563 e. The first kappa shape index (κ1) is 12.9. The van der Waals surface area contributed by atoms with Gasteiger partial charge in [-0.3, -0.25) is 0 Å². The van der Waals surface area contributed by atoms with Gasteiger partial charge in [0.1, 0.15) is 0 Å². The van der Waals surface area contributed by atoms with Gasteiger partial charge in [-0.05, 0) is 32.4 Å². The number of ether oxygens (including phenoxy) is 1. The summed E-state index contributed by atoms with van der Waals surface area (Å²) in [6.07, 6.45) is 0.304. The first-order valence-electron chi connectivity index (χ1n) is 5.10. The Labute approximate surface area is 101 Å². The van der Waals surface area contributed by atoms with Crippen molar-refractivity contribution >= 4 is 23.4 Å². The van der Waals surface area contributed by atoms with Gasteiger partial charge in [-0.2, -0.15) is 0 Å². The summed E-state index contributed by atoms with van der Waals surface area (Å²) in [6.45, 7) is 6.95. The normalized spacial score (nSPS) is 11.0. The van der Waals surface area contributed by atoms with Crippen LogP contribution in [0.25, 0.3) is 0 Å². The lowest BCUT2D eigenvalue weighted by Crippen LogP contribution is -2.05. The van der Waals surface area contributed by atoms with Gasteiger partial charge in [-0.25, -0.2) is 0 Å². The van der Waals surface area contributed by atoms with Crippen LogP contribution < -0.4 is 0 Å². The molecule has 0 N–H and O–H groups in total. The van der Waals surface area contributed by atoms with E-state index in [9.17, 15) is 0 Å². The molecule has 0 unspecified atom stereocenters. The highest BCUT2D eigenvalue weighted by atomic mass is 35.5. The van der Waals surface area contributed by atoms with Crippen molar-refractivity contribution in [1.82, 2.24) is 0 Å². The third kappa shape index (κ3) is 4.45. The number of benzene rings is 1. The molecule has 0 heterocycles. The molecule has 0 aliphatic rings. The van der Waals surface area contributed by atoms with Gasteiger partial charge in [0.2, 0.25) is 0 Å². The fourth-order valence-electron chi connectivity index (χ4n) is 1.23. The van der Waals surface area contributed by atoms with E-state index in [1.54, 1.807) is 11.8 Å². The lowest BCUT2D eigenvalue weighted by molar-refractivity contribution is 0.0920. The molecule has 1 aromatic carbocycles. The zero-order chi connectivity index (χ0) is 11.3. The molecule has 0 spiro atoms. The molecule has 0 saturated heterocycles. The Bertz CT molecular complexity index is 292. The van der Waals surface area contributed by atoms with Gasteiger partial charge in [-0.1, -0.05) is 23.7 Å². The molecule has 0 atom stereocenters. The van der Waals surface area contributed by atoms with E-state index < -0.39 is 0 Å². The van der Waals surface area contributed by atoms with Crippen LogP contribution >= 0.6 is 23.4 Å². The predicted octanol–water partition coefficient (Wildman–Crippen LogP) is 4.17. The molecule has 84 valence electrons. The van der Waals surface area contributed by atoms with Crippen molar-refractivity contribution in [3.05, 3.63) is 28.8 Å². The standard InChI is InChI=1S/C12H17ClOS/c1-9(2)14-7-8-15-12-10(3)5-4-6-11(12)13/h4-6,9H,7-8H2,1-3H3. The zero-order valence-corrected chi connectivity index (χ0v) is 11.0. The third-order valence-corrected chi connectivity index (χ3v) is 3.57. The third-order valence-electron chi connectivity index (χ3n) is 1.94. The molecule has 0 amide bonds. The molecular formula is C12H17ClOS. The van der Waals surface area contributed by atoms with Crippen molar-refractivity contribution in [2.75, 3.05) is 12.4 Å². The summed E-state index contributed by atoms with van der Waals surface area (Å²) in [5.74, 6) is 0.947. The van der Waals surface area contributed by atoms with E-state index in [4.69, 9.17) is 16.3 Å². The van der Waals surface area contributed by atoms with Crippen LogP contribution in [0.15, 0.2) is 23.1 Å². The number of hydrogen-bond donors (Lipinski definition) is 0. The maximum atomic E-state index is 6.11. The van der Waals surface area contributed by atoms with Crippen molar-refractivity contribution in [3.63, 3.8) is 0 Å². The fraction of sp³-hybridized carbons (Fsp3) is 0.500. The molecule has 1 nitrogen and oxygen atoms in total. The highest BCUT2D eigenvalue weighted by molar-refractivity contribution is 7.99. The van der Waals surface area contributed by atoms with Crippen LogP contribution in [0.1, 0.15) is 19.4 Å². The van der Waals surface area contributed by atoms with Crippen LogP contribution in [0.5, 0.6) is 0 Å². The topological polar surface area (TPSA) is 9.23 Å². The molecule has 3 heteroatoms. The van der Waals surface area contributed by atoms with Gasteiger partial charge < -0.3 is 4.74 Å². The van der Waals surface area contributed by atoms with E-state index in [1.807, 2.05) is 26.0 Å². The average Bonchev–Trinajstić information content (AvgIpc) is 2.15. The molecule has 0 saturated carbocycles. The number of thioether (sulfide) groups is 1. The smallest absolute Gasteiger partial charge is 0.0563 e. The molecule has 0 radical (unpaired) electrons. The summed E-state index contributed by atoms with van der Waals surface area (Å²) >= 11 is 7.87. The second-order valence-corrected chi connectivity index (χ2v) is 5.17. The van der Waals surface area contributed by atoms with E-state index in [2.05, 4.69) is 13.0 Å². The van der Waals surface area contributed by atoms with Crippen molar-refractivity contribution in [2.45, 2.75) is 31.8 Å². The minimum Gasteiger partial charge on any atom is -0.378 e. The highest BCUT2D eigenvalue weighted by Gasteiger charge is 2.04. The summed E-state index contributed by atoms with van der Waals surface area (Å²) in [4.78, 5) is 1.17. The molecule has 1 aromatic rings. The van der Waals surface area contributed by atoms with Crippen LogP contribution in [0.3, 0.4) is 0 Å². The Morgan fingerprint density at radius 2 is 2.13 bits per heavy atom. The summed E-state index contributed by atoms with van der Waals surface area (Å²) in [5.41, 5.74) is 1.23. The predicted molar refractivity (Wildman–Crippen MR) is 68.0 cm³/mol. The van der Waals surface area contributed by atoms with Crippen molar-refractivity contribution in [2.24, 2.45) is 0 Å². The molecule has 0 bridgehead atoms. The Balaban J connectivity index is 2.43. The lowest BCUT2D eigenvalue weighted by atomic mass is 10.2. The van der Waals surface area contributed by atoms with Crippen LogP contribution in [-0.2, 0) is 4.74 Å². The second-order valence-electron chi connectivity index (χ2n) is 3.65. The molecule has 1 rings (SSSR count). The van der Waals surface area contributed by atoms with Crippen LogP contribution in [0.2, 0.25) is 5.02 Å². The minimum atomic E-state index is 0.304. The zero-order valence-electron chi connectivity index (χ0n) is 9.42. The molecular weight excluding hydrogens is 228 g/mol. The first-order valence-corrected chi connectivity index (χ1v) is 6.47. The Morgan fingerprint density at radius 3 is 2.73 bits per heavy atom.